The topological polar surface area (TPSA) is 46.5 Å². The lowest BCUT2D eigenvalue weighted by molar-refractivity contribution is -0.133. The zero-order valence-corrected chi connectivity index (χ0v) is 12.9. The first kappa shape index (κ1) is 14.1. The van der Waals surface area contributed by atoms with Gasteiger partial charge in [-0.3, -0.25) is 4.79 Å². The van der Waals surface area contributed by atoms with Crippen molar-refractivity contribution in [3.63, 3.8) is 0 Å². The molecule has 0 amide bonds. The van der Waals surface area contributed by atoms with Crippen LogP contribution in [0.15, 0.2) is 51.4 Å². The molecule has 0 unspecified atom stereocenters. The first-order chi connectivity index (χ1) is 9.06. The number of phenolic OH excluding ortho intramolecular Hbond substituents is 1. The Morgan fingerprint density at radius 1 is 1.11 bits per heavy atom. The van der Waals surface area contributed by atoms with E-state index in [2.05, 4.69) is 31.9 Å². The highest BCUT2D eigenvalue weighted by molar-refractivity contribution is 9.11. The molecule has 0 aromatic heterocycles. The fourth-order valence-corrected chi connectivity index (χ4v) is 2.82. The predicted octanol–water partition coefficient (Wildman–Crippen LogP) is 4.07. The van der Waals surface area contributed by atoms with Crippen molar-refractivity contribution in [2.24, 2.45) is 0 Å². The van der Waals surface area contributed by atoms with Gasteiger partial charge in [-0.25, -0.2) is 0 Å². The fourth-order valence-electron chi connectivity index (χ4n) is 1.54. The van der Waals surface area contributed by atoms with Crippen molar-refractivity contribution in [1.29, 1.82) is 0 Å². The average Bonchev–Trinajstić information content (AvgIpc) is 2.37. The average molecular weight is 386 g/mol. The van der Waals surface area contributed by atoms with Crippen LogP contribution in [0.1, 0.15) is 5.56 Å². The lowest BCUT2D eigenvalue weighted by Gasteiger charge is -2.06. The van der Waals surface area contributed by atoms with Crippen molar-refractivity contribution in [3.8, 4) is 11.5 Å². The number of para-hydroxylation sites is 1. The fraction of sp³-hybridized carbons (Fsp3) is 0.0714. The molecule has 0 radical (unpaired) electrons. The van der Waals surface area contributed by atoms with Gasteiger partial charge in [0, 0.05) is 0 Å². The summed E-state index contributed by atoms with van der Waals surface area (Å²) < 4.78 is 6.26. The van der Waals surface area contributed by atoms with E-state index in [1.807, 2.05) is 6.07 Å². The highest BCUT2D eigenvalue weighted by atomic mass is 79.9. The van der Waals surface area contributed by atoms with Crippen LogP contribution in [-0.2, 0) is 11.2 Å². The number of phenols is 1. The number of halogens is 2. The van der Waals surface area contributed by atoms with E-state index in [0.717, 1.165) is 5.56 Å². The van der Waals surface area contributed by atoms with Crippen molar-refractivity contribution in [2.45, 2.75) is 6.42 Å². The van der Waals surface area contributed by atoms with Crippen LogP contribution in [0.25, 0.3) is 0 Å². The van der Waals surface area contributed by atoms with Crippen molar-refractivity contribution in [1.82, 2.24) is 0 Å². The van der Waals surface area contributed by atoms with Gasteiger partial charge in [0.1, 0.15) is 11.5 Å². The Bertz CT molecular complexity index is 574. The lowest BCUT2D eigenvalue weighted by atomic mass is 10.1. The van der Waals surface area contributed by atoms with Crippen LogP contribution in [0, 0.1) is 0 Å². The number of carbonyl (C=O) groups excluding carboxylic acids is 1. The summed E-state index contributed by atoms with van der Waals surface area (Å²) >= 11 is 6.44. The largest absolute Gasteiger partial charge is 0.506 e. The molecule has 0 saturated heterocycles. The molecule has 0 atom stereocenters. The zero-order valence-electron chi connectivity index (χ0n) is 9.77. The van der Waals surface area contributed by atoms with E-state index in [1.54, 1.807) is 36.4 Å². The van der Waals surface area contributed by atoms with Gasteiger partial charge in [-0.05, 0) is 61.7 Å². The Hall–Kier alpha value is -1.33. The van der Waals surface area contributed by atoms with E-state index >= 15 is 0 Å². The molecular formula is C14H10Br2O3. The molecule has 5 heteroatoms. The summed E-state index contributed by atoms with van der Waals surface area (Å²) in [5.74, 6) is 0.278. The molecule has 0 aliphatic carbocycles. The summed E-state index contributed by atoms with van der Waals surface area (Å²) in [7, 11) is 0. The van der Waals surface area contributed by atoms with Crippen molar-refractivity contribution >= 4 is 37.8 Å². The van der Waals surface area contributed by atoms with Gasteiger partial charge in [-0.1, -0.05) is 18.2 Å². The van der Waals surface area contributed by atoms with E-state index in [4.69, 9.17) is 4.74 Å². The maximum atomic E-state index is 11.8. The van der Waals surface area contributed by atoms with Gasteiger partial charge in [-0.15, -0.1) is 0 Å². The Kier molecular flexibility index (Phi) is 4.61. The number of rotatable bonds is 3. The van der Waals surface area contributed by atoms with Gasteiger partial charge in [0.15, 0.2) is 0 Å². The Morgan fingerprint density at radius 3 is 2.26 bits per heavy atom. The molecule has 0 heterocycles. The summed E-state index contributed by atoms with van der Waals surface area (Å²) in [6.07, 6.45) is 0.131. The zero-order chi connectivity index (χ0) is 13.8. The third-order valence-corrected chi connectivity index (χ3v) is 3.61. The van der Waals surface area contributed by atoms with Gasteiger partial charge >= 0.3 is 5.97 Å². The van der Waals surface area contributed by atoms with Crippen LogP contribution < -0.4 is 4.74 Å². The standard InChI is InChI=1S/C14H10Br2O3/c15-11-6-9(7-12(16)14(11)18)8-13(17)19-10-4-2-1-3-5-10/h1-7,18H,8H2. The van der Waals surface area contributed by atoms with E-state index in [9.17, 15) is 9.90 Å². The van der Waals surface area contributed by atoms with Gasteiger partial charge in [0.2, 0.25) is 0 Å². The van der Waals surface area contributed by atoms with E-state index < -0.39 is 0 Å². The van der Waals surface area contributed by atoms with Crippen LogP contribution >= 0.6 is 31.9 Å². The second-order valence-electron chi connectivity index (χ2n) is 3.87. The molecule has 3 nitrogen and oxygen atoms in total. The first-order valence-corrected chi connectivity index (χ1v) is 7.07. The number of ether oxygens (including phenoxy) is 1. The second-order valence-corrected chi connectivity index (χ2v) is 5.58. The van der Waals surface area contributed by atoms with Crippen LogP contribution in [0.2, 0.25) is 0 Å². The van der Waals surface area contributed by atoms with Crippen molar-refractivity contribution < 1.29 is 14.6 Å². The van der Waals surface area contributed by atoms with E-state index in [0.29, 0.717) is 14.7 Å². The minimum absolute atomic E-state index is 0.111. The first-order valence-electron chi connectivity index (χ1n) is 5.49. The monoisotopic (exact) mass is 384 g/mol. The maximum absolute atomic E-state index is 11.8. The normalized spacial score (nSPS) is 10.2. The third-order valence-electron chi connectivity index (χ3n) is 2.40. The van der Waals surface area contributed by atoms with Crippen LogP contribution in [0.4, 0.5) is 0 Å². The highest BCUT2D eigenvalue weighted by Crippen LogP contribution is 2.33. The number of esters is 1. The third kappa shape index (κ3) is 3.81. The molecule has 98 valence electrons. The van der Waals surface area contributed by atoms with Gasteiger partial charge < -0.3 is 9.84 Å². The van der Waals surface area contributed by atoms with E-state index in [-0.39, 0.29) is 18.1 Å². The molecule has 0 saturated carbocycles. The van der Waals surface area contributed by atoms with Crippen molar-refractivity contribution in [2.75, 3.05) is 0 Å². The molecule has 19 heavy (non-hydrogen) atoms. The molecule has 0 bridgehead atoms. The minimum Gasteiger partial charge on any atom is -0.506 e. The summed E-state index contributed by atoms with van der Waals surface area (Å²) in [5, 5.41) is 9.59. The predicted molar refractivity (Wildman–Crippen MR) is 79.3 cm³/mol. The Balaban J connectivity index is 2.07. The summed E-state index contributed by atoms with van der Waals surface area (Å²) in [4.78, 5) is 11.8. The lowest BCUT2D eigenvalue weighted by Crippen LogP contribution is -2.11. The number of carbonyl (C=O) groups is 1. The summed E-state index contributed by atoms with van der Waals surface area (Å²) in [6, 6.07) is 12.3. The molecule has 1 N–H and O–H groups in total. The maximum Gasteiger partial charge on any atom is 0.315 e. The summed E-state index contributed by atoms with van der Waals surface area (Å²) in [5.41, 5.74) is 0.748. The Morgan fingerprint density at radius 2 is 1.68 bits per heavy atom. The second kappa shape index (κ2) is 6.21. The number of benzene rings is 2. The minimum atomic E-state index is -0.351. The molecule has 2 rings (SSSR count). The molecular weight excluding hydrogens is 376 g/mol. The molecule has 0 aliphatic heterocycles. The quantitative estimate of drug-likeness (QED) is 0.640. The van der Waals surface area contributed by atoms with E-state index in [1.165, 1.54) is 0 Å². The molecule has 0 aliphatic rings. The smallest absolute Gasteiger partial charge is 0.315 e. The van der Waals surface area contributed by atoms with Crippen LogP contribution in [-0.4, -0.2) is 11.1 Å². The summed E-state index contributed by atoms with van der Waals surface area (Å²) in [6.45, 7) is 0. The highest BCUT2D eigenvalue weighted by Gasteiger charge is 2.10. The number of hydrogen-bond donors (Lipinski definition) is 1. The molecule has 0 spiro atoms. The van der Waals surface area contributed by atoms with Gasteiger partial charge in [0.25, 0.3) is 0 Å². The van der Waals surface area contributed by atoms with Gasteiger partial charge in [-0.2, -0.15) is 0 Å². The van der Waals surface area contributed by atoms with Crippen LogP contribution in [0.3, 0.4) is 0 Å². The van der Waals surface area contributed by atoms with Gasteiger partial charge in [0.05, 0.1) is 15.4 Å². The molecule has 2 aromatic rings. The Labute approximate surface area is 127 Å². The number of aromatic hydroxyl groups is 1. The van der Waals surface area contributed by atoms with Crippen LogP contribution in [0.5, 0.6) is 11.5 Å². The number of hydrogen-bond acceptors (Lipinski definition) is 3. The van der Waals surface area contributed by atoms with Crippen molar-refractivity contribution in [3.05, 3.63) is 57.0 Å². The SMILES string of the molecule is O=C(Cc1cc(Br)c(O)c(Br)c1)Oc1ccccc1. The molecule has 0 fully saturated rings. The molecule has 2 aromatic carbocycles.